The lowest BCUT2D eigenvalue weighted by Crippen LogP contribution is -2.28. The van der Waals surface area contributed by atoms with Crippen molar-refractivity contribution in [3.63, 3.8) is 0 Å². The average molecular weight is 394 g/mol. The van der Waals surface area contributed by atoms with Gasteiger partial charge in [-0.1, -0.05) is 12.1 Å². The predicted molar refractivity (Wildman–Crippen MR) is 107 cm³/mol. The fourth-order valence-corrected chi connectivity index (χ4v) is 3.19. The summed E-state index contributed by atoms with van der Waals surface area (Å²) in [5.41, 5.74) is 2.55. The lowest BCUT2D eigenvalue weighted by Gasteiger charge is -2.14. The maximum absolute atomic E-state index is 12.4. The van der Waals surface area contributed by atoms with Crippen LogP contribution in [0.4, 0.5) is 5.69 Å². The van der Waals surface area contributed by atoms with Gasteiger partial charge < -0.3 is 10.1 Å². The number of ether oxygens (including phenoxy) is 1. The Labute approximate surface area is 168 Å². The van der Waals surface area contributed by atoms with Crippen molar-refractivity contribution < 1.29 is 23.9 Å². The summed E-state index contributed by atoms with van der Waals surface area (Å²) in [5, 5.41) is 2.80. The van der Waals surface area contributed by atoms with Gasteiger partial charge in [0.2, 0.25) is 17.7 Å². The van der Waals surface area contributed by atoms with Crippen molar-refractivity contribution in [3.05, 3.63) is 59.2 Å². The molecule has 3 rings (SSSR count). The minimum absolute atomic E-state index is 0.0584. The minimum atomic E-state index is -0.248. The second-order valence-electron chi connectivity index (χ2n) is 6.88. The number of Topliss-reactive ketones (excluding diaryl/α,β-unsaturated/α-hetero) is 1. The number of carbonyl (C=O) groups excluding carboxylic acids is 4. The molecule has 1 aliphatic heterocycles. The summed E-state index contributed by atoms with van der Waals surface area (Å²) < 4.78 is 5.28. The van der Waals surface area contributed by atoms with Gasteiger partial charge in [0.05, 0.1) is 20.1 Å². The van der Waals surface area contributed by atoms with E-state index in [1.807, 2.05) is 0 Å². The van der Waals surface area contributed by atoms with E-state index in [1.54, 1.807) is 42.5 Å². The first-order chi connectivity index (χ1) is 13.9. The highest BCUT2D eigenvalue weighted by Crippen LogP contribution is 2.22. The van der Waals surface area contributed by atoms with E-state index in [-0.39, 0.29) is 49.3 Å². The molecule has 2 aromatic rings. The molecule has 29 heavy (non-hydrogen) atoms. The fourth-order valence-electron chi connectivity index (χ4n) is 3.19. The molecule has 3 amide bonds. The Morgan fingerprint density at radius 3 is 2.28 bits per heavy atom. The number of ketones is 1. The SMILES string of the molecule is COc1ccc(C(C)=O)cc1CC(=O)Nc1ccc(CN2C(=O)CCC2=O)cc1. The van der Waals surface area contributed by atoms with Crippen LogP contribution < -0.4 is 10.1 Å². The number of hydrogen-bond donors (Lipinski definition) is 1. The van der Waals surface area contributed by atoms with E-state index in [1.165, 1.54) is 18.9 Å². The van der Waals surface area contributed by atoms with Gasteiger partial charge in [0.1, 0.15) is 5.75 Å². The van der Waals surface area contributed by atoms with E-state index < -0.39 is 0 Å². The van der Waals surface area contributed by atoms with Gasteiger partial charge in [0.15, 0.2) is 5.78 Å². The van der Waals surface area contributed by atoms with Crippen LogP contribution in [0, 0.1) is 0 Å². The molecule has 0 bridgehead atoms. The number of carbonyl (C=O) groups is 4. The van der Waals surface area contributed by atoms with Crippen molar-refractivity contribution in [1.82, 2.24) is 4.90 Å². The highest BCUT2D eigenvalue weighted by atomic mass is 16.5. The van der Waals surface area contributed by atoms with Crippen LogP contribution in [-0.4, -0.2) is 35.5 Å². The standard InChI is InChI=1S/C22H22N2O5/c1-14(25)16-5-8-19(29-2)17(11-16)12-20(26)23-18-6-3-15(4-7-18)13-24-21(27)9-10-22(24)28/h3-8,11H,9-10,12-13H2,1-2H3,(H,23,26). The number of hydrogen-bond acceptors (Lipinski definition) is 5. The Morgan fingerprint density at radius 2 is 1.69 bits per heavy atom. The molecule has 0 unspecified atom stereocenters. The lowest BCUT2D eigenvalue weighted by atomic mass is 10.0. The number of anilines is 1. The molecule has 0 saturated carbocycles. The molecule has 2 aromatic carbocycles. The van der Waals surface area contributed by atoms with Crippen LogP contribution in [-0.2, 0) is 27.3 Å². The molecule has 1 heterocycles. The maximum atomic E-state index is 12.4. The van der Waals surface area contributed by atoms with Crippen LogP contribution >= 0.6 is 0 Å². The first-order valence-corrected chi connectivity index (χ1v) is 9.27. The zero-order valence-electron chi connectivity index (χ0n) is 16.4. The first-order valence-electron chi connectivity index (χ1n) is 9.27. The normalized spacial score (nSPS) is 13.5. The minimum Gasteiger partial charge on any atom is -0.496 e. The number of likely N-dealkylation sites (tertiary alicyclic amines) is 1. The molecule has 1 fully saturated rings. The van der Waals surface area contributed by atoms with Crippen molar-refractivity contribution in [3.8, 4) is 5.75 Å². The molecule has 1 aliphatic rings. The topological polar surface area (TPSA) is 92.8 Å². The predicted octanol–water partition coefficient (Wildman–Crippen LogP) is 2.73. The van der Waals surface area contributed by atoms with Crippen LogP contribution in [0.15, 0.2) is 42.5 Å². The zero-order valence-corrected chi connectivity index (χ0v) is 16.4. The summed E-state index contributed by atoms with van der Waals surface area (Å²) in [6.07, 6.45) is 0.589. The van der Waals surface area contributed by atoms with Crippen molar-refractivity contribution >= 4 is 29.2 Å². The van der Waals surface area contributed by atoms with E-state index in [0.717, 1.165) is 5.56 Å². The molecular weight excluding hydrogens is 372 g/mol. The van der Waals surface area contributed by atoms with Crippen LogP contribution in [0.2, 0.25) is 0 Å². The summed E-state index contributed by atoms with van der Waals surface area (Å²) in [4.78, 5) is 48.7. The van der Waals surface area contributed by atoms with E-state index >= 15 is 0 Å². The van der Waals surface area contributed by atoms with Gasteiger partial charge in [-0.25, -0.2) is 0 Å². The van der Waals surface area contributed by atoms with Gasteiger partial charge in [-0.2, -0.15) is 0 Å². The van der Waals surface area contributed by atoms with Crippen molar-refractivity contribution in [1.29, 1.82) is 0 Å². The van der Waals surface area contributed by atoms with Gasteiger partial charge in [-0.3, -0.25) is 24.1 Å². The molecule has 0 spiro atoms. The number of rotatable bonds is 7. The van der Waals surface area contributed by atoms with Crippen LogP contribution in [0.3, 0.4) is 0 Å². The monoisotopic (exact) mass is 394 g/mol. The summed E-state index contributed by atoms with van der Waals surface area (Å²) in [5.74, 6) is -0.106. The first kappa shape index (κ1) is 20.3. The van der Waals surface area contributed by atoms with Crippen LogP contribution in [0.25, 0.3) is 0 Å². The highest BCUT2D eigenvalue weighted by Gasteiger charge is 2.28. The third kappa shape index (κ3) is 4.87. The lowest BCUT2D eigenvalue weighted by molar-refractivity contribution is -0.139. The van der Waals surface area contributed by atoms with Gasteiger partial charge in [0, 0.05) is 29.7 Å². The molecular formula is C22H22N2O5. The van der Waals surface area contributed by atoms with Crippen molar-refractivity contribution in [2.45, 2.75) is 32.7 Å². The smallest absolute Gasteiger partial charge is 0.229 e. The highest BCUT2D eigenvalue weighted by molar-refractivity contribution is 6.01. The Morgan fingerprint density at radius 1 is 1.03 bits per heavy atom. The summed E-state index contributed by atoms with van der Waals surface area (Å²) >= 11 is 0. The van der Waals surface area contributed by atoms with Gasteiger partial charge >= 0.3 is 0 Å². The third-order valence-corrected chi connectivity index (χ3v) is 4.77. The second kappa shape index (κ2) is 8.68. The van der Waals surface area contributed by atoms with Gasteiger partial charge in [-0.05, 0) is 42.8 Å². The Balaban J connectivity index is 1.64. The molecule has 0 atom stereocenters. The Kier molecular flexibility index (Phi) is 6.07. The largest absolute Gasteiger partial charge is 0.496 e. The Bertz CT molecular complexity index is 950. The van der Waals surface area contributed by atoms with Crippen LogP contribution in [0.5, 0.6) is 5.75 Å². The molecule has 150 valence electrons. The summed E-state index contributed by atoms with van der Waals surface area (Å²) in [6, 6.07) is 12.0. The molecule has 0 aromatic heterocycles. The van der Waals surface area contributed by atoms with Gasteiger partial charge in [0.25, 0.3) is 0 Å². The third-order valence-electron chi connectivity index (χ3n) is 4.77. The Hall–Kier alpha value is -3.48. The van der Waals surface area contributed by atoms with Crippen LogP contribution in [0.1, 0.15) is 41.3 Å². The molecule has 1 saturated heterocycles. The number of amides is 3. The fraction of sp³-hybridized carbons (Fsp3) is 0.273. The van der Waals surface area contributed by atoms with Crippen molar-refractivity contribution in [2.75, 3.05) is 12.4 Å². The number of methoxy groups -OCH3 is 1. The van der Waals surface area contributed by atoms with Gasteiger partial charge in [-0.15, -0.1) is 0 Å². The average Bonchev–Trinajstić information content (AvgIpc) is 3.01. The van der Waals surface area contributed by atoms with E-state index in [9.17, 15) is 19.2 Å². The van der Waals surface area contributed by atoms with E-state index in [4.69, 9.17) is 4.74 Å². The molecule has 0 aliphatic carbocycles. The summed E-state index contributed by atoms with van der Waals surface area (Å²) in [6.45, 7) is 1.71. The quantitative estimate of drug-likeness (QED) is 0.576. The number of nitrogens with zero attached hydrogens (tertiary/aromatic N) is 1. The second-order valence-corrected chi connectivity index (χ2v) is 6.88. The molecule has 7 heteroatoms. The van der Waals surface area contributed by atoms with E-state index in [2.05, 4.69) is 5.32 Å². The maximum Gasteiger partial charge on any atom is 0.229 e. The zero-order chi connectivity index (χ0) is 21.0. The number of imide groups is 1. The number of nitrogens with one attached hydrogen (secondary N) is 1. The summed E-state index contributed by atoms with van der Waals surface area (Å²) in [7, 11) is 1.51. The number of benzene rings is 2. The molecule has 1 N–H and O–H groups in total. The van der Waals surface area contributed by atoms with E-state index in [0.29, 0.717) is 22.6 Å². The van der Waals surface area contributed by atoms with Crippen molar-refractivity contribution in [2.24, 2.45) is 0 Å². The molecule has 7 nitrogen and oxygen atoms in total. The molecule has 0 radical (unpaired) electrons.